The first-order valence-corrected chi connectivity index (χ1v) is 9.86. The number of nitrogens with zero attached hydrogens (tertiary/aromatic N) is 4. The van der Waals surface area contributed by atoms with E-state index in [9.17, 15) is 5.11 Å². The highest BCUT2D eigenvalue weighted by Gasteiger charge is 2.34. The van der Waals surface area contributed by atoms with Crippen LogP contribution >= 0.6 is 11.3 Å². The molecule has 3 heterocycles. The molecule has 0 saturated carbocycles. The van der Waals surface area contributed by atoms with E-state index in [1.165, 1.54) is 15.9 Å². The molecule has 4 rings (SSSR count). The van der Waals surface area contributed by atoms with Crippen LogP contribution in [0.4, 0.5) is 0 Å². The molecule has 1 fully saturated rings. The van der Waals surface area contributed by atoms with Crippen molar-refractivity contribution >= 4 is 16.3 Å². The minimum Gasteiger partial charge on any atom is -0.497 e. The summed E-state index contributed by atoms with van der Waals surface area (Å²) in [5.41, 5.74) is 1.06. The molecule has 0 bridgehead atoms. The predicted octanol–water partition coefficient (Wildman–Crippen LogP) is 3.01. The van der Waals surface area contributed by atoms with Crippen LogP contribution in [-0.2, 0) is 4.74 Å². The van der Waals surface area contributed by atoms with Gasteiger partial charge < -0.3 is 14.6 Å². The molecule has 144 valence electrons. The number of hydrogen-bond donors (Lipinski definition) is 1. The number of rotatable bonds is 4. The summed E-state index contributed by atoms with van der Waals surface area (Å²) in [7, 11) is 1.66. The number of hydrogen-bond acceptors (Lipinski definition) is 7. The van der Waals surface area contributed by atoms with Crippen LogP contribution in [0.2, 0.25) is 0 Å². The molecular formula is C19H24N4O3S. The minimum absolute atomic E-state index is 0.119. The second-order valence-electron chi connectivity index (χ2n) is 7.03. The molecule has 1 aromatic carbocycles. The zero-order chi connectivity index (χ0) is 19.1. The van der Waals surface area contributed by atoms with Crippen molar-refractivity contribution < 1.29 is 14.6 Å². The molecule has 3 aromatic rings. The predicted molar refractivity (Wildman–Crippen MR) is 104 cm³/mol. The van der Waals surface area contributed by atoms with Gasteiger partial charge in [-0.25, -0.2) is 4.98 Å². The Bertz CT molecular complexity index is 944. The molecule has 1 aliphatic rings. The minimum atomic E-state index is -0.122. The molecule has 3 atom stereocenters. The van der Waals surface area contributed by atoms with Gasteiger partial charge in [-0.05, 0) is 38.5 Å². The molecule has 0 radical (unpaired) electrons. The van der Waals surface area contributed by atoms with Crippen molar-refractivity contribution in [2.45, 2.75) is 39.0 Å². The van der Waals surface area contributed by atoms with E-state index in [-0.39, 0.29) is 24.1 Å². The Morgan fingerprint density at radius 3 is 2.70 bits per heavy atom. The van der Waals surface area contributed by atoms with E-state index in [1.54, 1.807) is 7.11 Å². The topological polar surface area (TPSA) is 72.1 Å². The number of fused-ring (bicyclic) bond motifs is 1. The average Bonchev–Trinajstić information content (AvgIpc) is 3.12. The van der Waals surface area contributed by atoms with Crippen LogP contribution in [0.25, 0.3) is 4.96 Å². The zero-order valence-electron chi connectivity index (χ0n) is 15.9. The van der Waals surface area contributed by atoms with Crippen molar-refractivity contribution in [2.75, 3.05) is 20.2 Å². The van der Waals surface area contributed by atoms with Gasteiger partial charge >= 0.3 is 0 Å². The summed E-state index contributed by atoms with van der Waals surface area (Å²) in [6, 6.07) is 7.88. The normalized spacial score (nSPS) is 22.2. The van der Waals surface area contributed by atoms with E-state index in [0.717, 1.165) is 29.3 Å². The summed E-state index contributed by atoms with van der Waals surface area (Å²) < 4.78 is 12.9. The lowest BCUT2D eigenvalue weighted by Crippen LogP contribution is -2.47. The van der Waals surface area contributed by atoms with E-state index >= 15 is 0 Å². The molecular weight excluding hydrogens is 364 g/mol. The highest BCUT2D eigenvalue weighted by molar-refractivity contribution is 7.17. The molecule has 2 aromatic heterocycles. The van der Waals surface area contributed by atoms with Gasteiger partial charge in [0.2, 0.25) is 10.8 Å². The molecule has 0 aliphatic carbocycles. The van der Waals surface area contributed by atoms with Gasteiger partial charge in [-0.15, -0.1) is 5.10 Å². The fourth-order valence-corrected chi connectivity index (χ4v) is 4.96. The SMILES string of the molecule is COc1cccc([C@H](c2sc3nc(C)nn3c2O)N2C[C@@H](C)O[C@@H](C)C2)c1. The molecule has 27 heavy (non-hydrogen) atoms. The molecule has 1 aliphatic heterocycles. The van der Waals surface area contributed by atoms with Crippen molar-refractivity contribution in [1.82, 2.24) is 19.5 Å². The Morgan fingerprint density at radius 2 is 2.04 bits per heavy atom. The first-order valence-electron chi connectivity index (χ1n) is 9.04. The number of methoxy groups -OCH3 is 1. The maximum absolute atomic E-state index is 10.9. The Hall–Kier alpha value is -2.16. The lowest BCUT2D eigenvalue weighted by atomic mass is 10.0. The molecule has 0 spiro atoms. The van der Waals surface area contributed by atoms with Crippen LogP contribution in [0.1, 0.15) is 36.2 Å². The Morgan fingerprint density at radius 1 is 1.30 bits per heavy atom. The monoisotopic (exact) mass is 388 g/mol. The van der Waals surface area contributed by atoms with E-state index in [0.29, 0.717) is 10.8 Å². The zero-order valence-corrected chi connectivity index (χ0v) is 16.7. The second kappa shape index (κ2) is 7.10. The first kappa shape index (κ1) is 18.2. The molecule has 7 nitrogen and oxygen atoms in total. The molecule has 1 N–H and O–H groups in total. The summed E-state index contributed by atoms with van der Waals surface area (Å²) in [4.78, 5) is 8.30. The number of aryl methyl sites for hydroxylation is 1. The fourth-order valence-electron chi connectivity index (χ4n) is 3.79. The number of benzene rings is 1. The van der Waals surface area contributed by atoms with Gasteiger partial charge in [0.05, 0.1) is 30.2 Å². The molecule has 8 heteroatoms. The molecule has 0 unspecified atom stereocenters. The van der Waals surface area contributed by atoms with Crippen molar-refractivity contribution in [3.8, 4) is 11.6 Å². The standard InChI is InChI=1S/C19H24N4O3S/c1-11-9-22(10-12(2)26-11)16(14-6-5-7-15(8-14)25-4)17-18(24)23-19(27-17)20-13(3)21-23/h5-8,11-12,16,24H,9-10H2,1-4H3/t11-,12+,16-/m1/s1. The fraction of sp³-hybridized carbons (Fsp3) is 0.474. The third-order valence-corrected chi connectivity index (χ3v) is 5.85. The van der Waals surface area contributed by atoms with Crippen molar-refractivity contribution in [1.29, 1.82) is 0 Å². The Kier molecular flexibility index (Phi) is 4.79. The lowest BCUT2D eigenvalue weighted by molar-refractivity contribution is -0.0764. The summed E-state index contributed by atoms with van der Waals surface area (Å²) in [6.07, 6.45) is 0.238. The number of ether oxygens (including phenoxy) is 2. The molecule has 1 saturated heterocycles. The summed E-state index contributed by atoms with van der Waals surface area (Å²) in [5, 5.41) is 15.2. The third-order valence-electron chi connectivity index (χ3n) is 4.78. The van der Waals surface area contributed by atoms with E-state index in [4.69, 9.17) is 9.47 Å². The lowest BCUT2D eigenvalue weighted by Gasteiger charge is -2.40. The van der Waals surface area contributed by atoms with Crippen molar-refractivity contribution in [3.05, 3.63) is 40.5 Å². The number of thiazole rings is 1. The average molecular weight is 388 g/mol. The van der Waals surface area contributed by atoms with Crippen molar-refractivity contribution in [2.24, 2.45) is 0 Å². The van der Waals surface area contributed by atoms with E-state index < -0.39 is 0 Å². The van der Waals surface area contributed by atoms with Gasteiger partial charge in [-0.2, -0.15) is 4.52 Å². The Balaban J connectivity index is 1.83. The first-order chi connectivity index (χ1) is 13.0. The maximum Gasteiger partial charge on any atom is 0.230 e. The van der Waals surface area contributed by atoms with Gasteiger partial charge in [-0.1, -0.05) is 23.5 Å². The van der Waals surface area contributed by atoms with Crippen LogP contribution in [0.3, 0.4) is 0 Å². The van der Waals surface area contributed by atoms with E-state index in [1.807, 2.05) is 25.1 Å². The third kappa shape index (κ3) is 3.40. The van der Waals surface area contributed by atoms with Gasteiger partial charge in [0, 0.05) is 13.1 Å². The van der Waals surface area contributed by atoms with Crippen LogP contribution in [0, 0.1) is 6.92 Å². The van der Waals surface area contributed by atoms with Crippen LogP contribution in [-0.4, -0.2) is 57.0 Å². The van der Waals surface area contributed by atoms with E-state index in [2.05, 4.69) is 34.9 Å². The highest BCUT2D eigenvalue weighted by atomic mass is 32.1. The van der Waals surface area contributed by atoms with Crippen LogP contribution < -0.4 is 4.74 Å². The van der Waals surface area contributed by atoms with Gasteiger partial charge in [0.1, 0.15) is 11.6 Å². The summed E-state index contributed by atoms with van der Waals surface area (Å²) in [5.74, 6) is 1.59. The summed E-state index contributed by atoms with van der Waals surface area (Å²) in [6.45, 7) is 7.54. The smallest absolute Gasteiger partial charge is 0.230 e. The quantitative estimate of drug-likeness (QED) is 0.741. The Labute approximate surface area is 162 Å². The number of aromatic nitrogens is 3. The second-order valence-corrected chi connectivity index (χ2v) is 8.04. The van der Waals surface area contributed by atoms with Crippen LogP contribution in [0.5, 0.6) is 11.6 Å². The number of aromatic hydroxyl groups is 1. The highest BCUT2D eigenvalue weighted by Crippen LogP contribution is 2.41. The van der Waals surface area contributed by atoms with Crippen LogP contribution in [0.15, 0.2) is 24.3 Å². The number of morpholine rings is 1. The largest absolute Gasteiger partial charge is 0.497 e. The van der Waals surface area contributed by atoms with Gasteiger partial charge in [-0.3, -0.25) is 4.90 Å². The van der Waals surface area contributed by atoms with Gasteiger partial charge in [0.25, 0.3) is 0 Å². The molecule has 0 amide bonds. The maximum atomic E-state index is 10.9. The summed E-state index contributed by atoms with van der Waals surface area (Å²) >= 11 is 1.47. The van der Waals surface area contributed by atoms with Gasteiger partial charge in [0.15, 0.2) is 0 Å². The van der Waals surface area contributed by atoms with Crippen molar-refractivity contribution in [3.63, 3.8) is 0 Å².